The van der Waals surface area contributed by atoms with Gasteiger partial charge in [-0.3, -0.25) is 0 Å². The van der Waals surface area contributed by atoms with Gasteiger partial charge >= 0.3 is 11.9 Å². The first-order valence-electron chi connectivity index (χ1n) is 5.01. The van der Waals surface area contributed by atoms with Crippen LogP contribution >= 0.6 is 20.7 Å². The van der Waals surface area contributed by atoms with Crippen molar-refractivity contribution < 1.29 is 19.1 Å². The Morgan fingerprint density at radius 3 is 2.06 bits per heavy atom. The summed E-state index contributed by atoms with van der Waals surface area (Å²) in [6.45, 7) is 3.08. The summed E-state index contributed by atoms with van der Waals surface area (Å²) in [5.74, 6) is -2.26. The van der Waals surface area contributed by atoms with Crippen LogP contribution in [0.3, 0.4) is 0 Å². The minimum absolute atomic E-state index is 0.148. The number of rotatable bonds is 1. The maximum Gasteiger partial charge on any atom is 0.354 e. The molecule has 1 saturated heterocycles. The zero-order valence-electron chi connectivity index (χ0n) is 9.40. The van der Waals surface area contributed by atoms with Crippen molar-refractivity contribution in [3.05, 3.63) is 33.9 Å². The number of hydrogen-bond acceptors (Lipinski definition) is 4. The second-order valence-electron chi connectivity index (χ2n) is 3.88. The van der Waals surface area contributed by atoms with Gasteiger partial charge in [0.25, 0.3) is 5.79 Å². The molecule has 0 saturated carbocycles. The standard InChI is InChI=1S/C12H11IO4/c1-12(2)16-10(14)9(11(15)17-12)13-8-6-4-3-5-7-8/h3-7H,1-2H3. The van der Waals surface area contributed by atoms with E-state index in [9.17, 15) is 9.59 Å². The minimum Gasteiger partial charge on any atom is -0.419 e. The van der Waals surface area contributed by atoms with Crippen molar-refractivity contribution >= 4 is 36.2 Å². The summed E-state index contributed by atoms with van der Waals surface area (Å²) in [6, 6.07) is 9.41. The van der Waals surface area contributed by atoms with Crippen LogP contribution in [0.2, 0.25) is 0 Å². The normalized spacial score (nSPS) is 18.6. The van der Waals surface area contributed by atoms with Crippen molar-refractivity contribution in [3.63, 3.8) is 0 Å². The van der Waals surface area contributed by atoms with Crippen LogP contribution in [0, 0.1) is 3.57 Å². The minimum atomic E-state index is -1.15. The zero-order chi connectivity index (χ0) is 12.5. The number of carbonyl (C=O) groups excluding carboxylic acids is 2. The van der Waals surface area contributed by atoms with E-state index in [2.05, 4.69) is 0 Å². The number of carbonyl (C=O) groups is 2. The van der Waals surface area contributed by atoms with E-state index in [4.69, 9.17) is 9.47 Å². The highest BCUT2D eigenvalue weighted by Gasteiger charge is 2.39. The van der Waals surface area contributed by atoms with Crippen LogP contribution in [-0.4, -0.2) is 21.2 Å². The summed E-state index contributed by atoms with van der Waals surface area (Å²) < 4.78 is 11.2. The Kier molecular flexibility index (Phi) is 3.28. The van der Waals surface area contributed by atoms with Crippen LogP contribution in [0.25, 0.3) is 0 Å². The number of benzene rings is 1. The van der Waals surface area contributed by atoms with E-state index >= 15 is 0 Å². The number of ether oxygens (including phenoxy) is 2. The highest BCUT2D eigenvalue weighted by atomic mass is 127. The van der Waals surface area contributed by atoms with Crippen molar-refractivity contribution in [1.29, 1.82) is 0 Å². The Morgan fingerprint density at radius 1 is 1.00 bits per heavy atom. The van der Waals surface area contributed by atoms with Crippen molar-refractivity contribution in [2.24, 2.45) is 0 Å². The van der Waals surface area contributed by atoms with Crippen molar-refractivity contribution in [3.8, 4) is 0 Å². The van der Waals surface area contributed by atoms with E-state index in [-0.39, 0.29) is 3.51 Å². The Balaban J connectivity index is 2.31. The van der Waals surface area contributed by atoms with Crippen LogP contribution in [0.4, 0.5) is 0 Å². The van der Waals surface area contributed by atoms with Gasteiger partial charge in [-0.05, 0) is 12.1 Å². The van der Waals surface area contributed by atoms with E-state index in [1.807, 2.05) is 30.3 Å². The Morgan fingerprint density at radius 2 is 1.53 bits per heavy atom. The Bertz CT molecular complexity index is 468. The molecule has 90 valence electrons. The second kappa shape index (κ2) is 4.56. The van der Waals surface area contributed by atoms with Gasteiger partial charge in [-0.25, -0.2) is 9.59 Å². The molecule has 0 spiro atoms. The van der Waals surface area contributed by atoms with E-state index in [1.54, 1.807) is 13.8 Å². The SMILES string of the molecule is CC1(C)OC(=O)C(=Ic2ccccc2)C(=O)O1. The number of hydrogen-bond donors (Lipinski definition) is 0. The topological polar surface area (TPSA) is 52.6 Å². The Labute approximate surface area is 109 Å². The molecule has 1 aliphatic heterocycles. The van der Waals surface area contributed by atoms with Gasteiger partial charge in [0.1, 0.15) is 0 Å². The van der Waals surface area contributed by atoms with Crippen molar-refractivity contribution in [1.82, 2.24) is 0 Å². The molecule has 1 aromatic carbocycles. The molecule has 2 rings (SSSR count). The molecule has 0 aromatic heterocycles. The van der Waals surface area contributed by atoms with Crippen LogP contribution in [-0.2, 0) is 19.1 Å². The molecule has 0 amide bonds. The molecular weight excluding hydrogens is 335 g/mol. The Hall–Kier alpha value is -1.24. The fourth-order valence-electron chi connectivity index (χ4n) is 1.30. The van der Waals surface area contributed by atoms with Crippen LogP contribution in [0.15, 0.2) is 30.3 Å². The van der Waals surface area contributed by atoms with Gasteiger partial charge in [0, 0.05) is 17.4 Å². The van der Waals surface area contributed by atoms with E-state index in [0.717, 1.165) is 3.57 Å². The first-order chi connectivity index (χ1) is 7.98. The molecule has 0 unspecified atom stereocenters. The molecule has 5 heteroatoms. The summed E-state index contributed by atoms with van der Waals surface area (Å²) in [6.07, 6.45) is 0. The van der Waals surface area contributed by atoms with Crippen molar-refractivity contribution in [2.45, 2.75) is 19.6 Å². The van der Waals surface area contributed by atoms with Gasteiger partial charge < -0.3 is 9.47 Å². The van der Waals surface area contributed by atoms with E-state index < -0.39 is 38.5 Å². The van der Waals surface area contributed by atoms with Crippen LogP contribution in [0.5, 0.6) is 0 Å². The maximum absolute atomic E-state index is 11.7. The molecule has 1 heterocycles. The number of cyclic esters (lactones) is 2. The number of halogens is 1. The fourth-order valence-corrected chi connectivity index (χ4v) is 3.36. The largest absolute Gasteiger partial charge is 0.419 e. The molecular formula is C12H11IO4. The third kappa shape index (κ3) is 2.91. The highest BCUT2D eigenvalue weighted by Crippen LogP contribution is 2.23. The lowest BCUT2D eigenvalue weighted by molar-refractivity contribution is -0.214. The lowest BCUT2D eigenvalue weighted by atomic mass is 10.3. The lowest BCUT2D eigenvalue weighted by Gasteiger charge is -2.29. The van der Waals surface area contributed by atoms with E-state index in [1.165, 1.54) is 0 Å². The van der Waals surface area contributed by atoms with Gasteiger partial charge in [0.05, 0.1) is 0 Å². The predicted octanol–water partition coefficient (Wildman–Crippen LogP) is 1.84. The maximum atomic E-state index is 11.7. The molecule has 0 N–H and O–H groups in total. The quantitative estimate of drug-likeness (QED) is 0.575. The first-order valence-corrected chi connectivity index (χ1v) is 7.17. The zero-order valence-corrected chi connectivity index (χ0v) is 11.6. The molecule has 0 aliphatic carbocycles. The molecule has 1 aromatic rings. The summed E-state index contributed by atoms with van der Waals surface area (Å²) in [5, 5.41) is 0. The summed E-state index contributed by atoms with van der Waals surface area (Å²) in [5.41, 5.74) is 0. The molecule has 0 radical (unpaired) electrons. The van der Waals surface area contributed by atoms with Crippen LogP contribution in [0.1, 0.15) is 13.8 Å². The van der Waals surface area contributed by atoms with E-state index in [0.29, 0.717) is 0 Å². The highest BCUT2D eigenvalue weighted by molar-refractivity contribution is 14.2. The number of esters is 2. The van der Waals surface area contributed by atoms with Gasteiger partial charge in [-0.15, -0.1) is 0 Å². The monoisotopic (exact) mass is 346 g/mol. The van der Waals surface area contributed by atoms with Gasteiger partial charge in [-0.2, -0.15) is 0 Å². The second-order valence-corrected chi connectivity index (χ2v) is 6.75. The first kappa shape index (κ1) is 12.2. The molecule has 0 bridgehead atoms. The van der Waals surface area contributed by atoms with Gasteiger partial charge in [0.15, 0.2) is 3.51 Å². The van der Waals surface area contributed by atoms with Gasteiger partial charge in [0.2, 0.25) is 0 Å². The van der Waals surface area contributed by atoms with Crippen LogP contribution < -0.4 is 0 Å². The summed E-state index contributed by atoms with van der Waals surface area (Å²) in [4.78, 5) is 23.4. The molecule has 0 atom stereocenters. The average Bonchev–Trinajstić information content (AvgIpc) is 2.24. The summed E-state index contributed by atoms with van der Waals surface area (Å²) in [7, 11) is 0. The molecule has 17 heavy (non-hydrogen) atoms. The summed E-state index contributed by atoms with van der Waals surface area (Å²) >= 11 is -0.849. The average molecular weight is 346 g/mol. The van der Waals surface area contributed by atoms with Crippen molar-refractivity contribution in [2.75, 3.05) is 0 Å². The molecule has 1 fully saturated rings. The third-order valence-corrected chi connectivity index (χ3v) is 4.73. The fraction of sp³-hybridized carbons (Fsp3) is 0.250. The molecule has 4 nitrogen and oxygen atoms in total. The smallest absolute Gasteiger partial charge is 0.354 e. The lowest BCUT2D eigenvalue weighted by Crippen LogP contribution is -2.46. The molecule has 1 aliphatic rings. The van der Waals surface area contributed by atoms with Gasteiger partial charge in [-0.1, -0.05) is 38.9 Å². The third-order valence-electron chi connectivity index (χ3n) is 1.97. The predicted molar refractivity (Wildman–Crippen MR) is 70.4 cm³/mol.